The fourth-order valence-electron chi connectivity index (χ4n) is 1.39. The topological polar surface area (TPSA) is 102 Å². The summed E-state index contributed by atoms with van der Waals surface area (Å²) >= 11 is 1.12. The van der Waals surface area contributed by atoms with Crippen LogP contribution in [0.2, 0.25) is 0 Å². The number of hydrogen-bond donors (Lipinski definition) is 0. The van der Waals surface area contributed by atoms with Crippen LogP contribution in [0.3, 0.4) is 0 Å². The molecule has 110 valence electrons. The molecule has 2 aromatic rings. The summed E-state index contributed by atoms with van der Waals surface area (Å²) in [6.45, 7) is 0. The third kappa shape index (κ3) is 3.78. The summed E-state index contributed by atoms with van der Waals surface area (Å²) in [7, 11) is 3.32. The fraction of sp³-hybridized carbons (Fsp3) is 0.250. The van der Waals surface area contributed by atoms with E-state index < -0.39 is 4.92 Å². The van der Waals surface area contributed by atoms with E-state index in [1.54, 1.807) is 26.2 Å². The summed E-state index contributed by atoms with van der Waals surface area (Å²) in [4.78, 5) is 23.1. The fourth-order valence-corrected chi connectivity index (χ4v) is 2.13. The molecule has 1 aromatic carbocycles. The molecule has 0 unspecified atom stereocenters. The summed E-state index contributed by atoms with van der Waals surface area (Å²) < 4.78 is 5.38. The van der Waals surface area contributed by atoms with E-state index in [-0.39, 0.29) is 28.5 Å². The summed E-state index contributed by atoms with van der Waals surface area (Å²) in [5.41, 5.74) is 0.408. The number of aromatic nitrogens is 2. The van der Waals surface area contributed by atoms with Gasteiger partial charge < -0.3 is 9.32 Å². The number of non-ortho nitro benzene ring substituents is 1. The van der Waals surface area contributed by atoms with E-state index in [0.717, 1.165) is 11.8 Å². The third-order valence-electron chi connectivity index (χ3n) is 2.53. The Morgan fingerprint density at radius 2 is 2.19 bits per heavy atom. The van der Waals surface area contributed by atoms with E-state index in [4.69, 9.17) is 4.42 Å². The largest absolute Gasteiger partial charge is 0.411 e. The van der Waals surface area contributed by atoms with Gasteiger partial charge in [0.2, 0.25) is 11.8 Å². The maximum Gasteiger partial charge on any atom is 0.277 e. The SMILES string of the molecule is CN(C)C(=O)CSc1nnc(-c2cccc([N+](=O)[O-])c2)o1. The highest BCUT2D eigenvalue weighted by Crippen LogP contribution is 2.25. The summed E-state index contributed by atoms with van der Waals surface area (Å²) in [5.74, 6) is 0.289. The second-order valence-corrected chi connectivity index (χ2v) is 5.18. The monoisotopic (exact) mass is 308 g/mol. The Morgan fingerprint density at radius 1 is 1.43 bits per heavy atom. The zero-order valence-corrected chi connectivity index (χ0v) is 12.2. The van der Waals surface area contributed by atoms with Gasteiger partial charge in [-0.1, -0.05) is 17.8 Å². The second kappa shape index (κ2) is 6.35. The molecule has 0 saturated heterocycles. The molecule has 2 rings (SSSR count). The Bertz CT molecular complexity index is 671. The average molecular weight is 308 g/mol. The summed E-state index contributed by atoms with van der Waals surface area (Å²) in [6, 6.07) is 5.91. The number of nitrogens with zero attached hydrogens (tertiary/aromatic N) is 4. The third-order valence-corrected chi connectivity index (χ3v) is 3.33. The van der Waals surface area contributed by atoms with E-state index in [2.05, 4.69) is 10.2 Å². The van der Waals surface area contributed by atoms with Gasteiger partial charge in [-0.15, -0.1) is 10.2 Å². The molecule has 9 heteroatoms. The van der Waals surface area contributed by atoms with Crippen LogP contribution < -0.4 is 0 Å². The molecule has 21 heavy (non-hydrogen) atoms. The zero-order valence-electron chi connectivity index (χ0n) is 11.3. The Morgan fingerprint density at radius 3 is 2.86 bits per heavy atom. The number of nitro benzene ring substituents is 1. The molecule has 8 nitrogen and oxygen atoms in total. The normalized spacial score (nSPS) is 10.4. The van der Waals surface area contributed by atoms with Crippen LogP contribution in [0.15, 0.2) is 33.9 Å². The molecule has 0 spiro atoms. The van der Waals surface area contributed by atoms with Crippen LogP contribution in [0.25, 0.3) is 11.5 Å². The van der Waals surface area contributed by atoms with Crippen LogP contribution >= 0.6 is 11.8 Å². The molecular formula is C12H12N4O4S. The maximum absolute atomic E-state index is 11.5. The molecular weight excluding hydrogens is 296 g/mol. The highest BCUT2D eigenvalue weighted by molar-refractivity contribution is 7.99. The molecule has 0 aliphatic heterocycles. The van der Waals surface area contributed by atoms with Gasteiger partial charge in [0, 0.05) is 31.8 Å². The van der Waals surface area contributed by atoms with Gasteiger partial charge >= 0.3 is 0 Å². The Labute approximate surface area is 124 Å². The first-order valence-electron chi connectivity index (χ1n) is 5.88. The van der Waals surface area contributed by atoms with Crippen LogP contribution in [-0.2, 0) is 4.79 Å². The average Bonchev–Trinajstić information content (AvgIpc) is 2.93. The quantitative estimate of drug-likeness (QED) is 0.471. The number of carbonyl (C=O) groups excluding carboxylic acids is 1. The number of thioether (sulfide) groups is 1. The number of nitro groups is 1. The molecule has 0 aliphatic carbocycles. The standard InChI is InChI=1S/C12H12N4O4S/c1-15(2)10(17)7-21-12-14-13-11(20-12)8-4-3-5-9(6-8)16(18)19/h3-6H,7H2,1-2H3. The van der Waals surface area contributed by atoms with Gasteiger partial charge in [0.25, 0.3) is 10.9 Å². The predicted molar refractivity (Wildman–Crippen MR) is 75.8 cm³/mol. The van der Waals surface area contributed by atoms with Crippen LogP contribution in [-0.4, -0.2) is 45.8 Å². The molecule has 0 radical (unpaired) electrons. The van der Waals surface area contributed by atoms with Crippen LogP contribution in [0.1, 0.15) is 0 Å². The first-order chi connectivity index (χ1) is 9.97. The molecule has 0 atom stereocenters. The van der Waals surface area contributed by atoms with E-state index in [1.165, 1.54) is 17.0 Å². The summed E-state index contributed by atoms with van der Waals surface area (Å²) in [5, 5.41) is 18.6. The van der Waals surface area contributed by atoms with Gasteiger partial charge in [0.15, 0.2) is 0 Å². The number of amides is 1. The second-order valence-electron chi connectivity index (χ2n) is 4.26. The van der Waals surface area contributed by atoms with Crippen molar-refractivity contribution in [2.75, 3.05) is 19.8 Å². The lowest BCUT2D eigenvalue weighted by atomic mass is 10.2. The van der Waals surface area contributed by atoms with Crippen molar-refractivity contribution in [1.82, 2.24) is 15.1 Å². The van der Waals surface area contributed by atoms with Gasteiger partial charge in [0.1, 0.15) is 0 Å². The maximum atomic E-state index is 11.5. The number of carbonyl (C=O) groups is 1. The predicted octanol–water partition coefficient (Wildman–Crippen LogP) is 1.83. The van der Waals surface area contributed by atoms with Crippen molar-refractivity contribution in [3.63, 3.8) is 0 Å². The molecule has 0 N–H and O–H groups in total. The Hall–Kier alpha value is -2.42. The highest BCUT2D eigenvalue weighted by atomic mass is 32.2. The molecule has 1 aromatic heterocycles. The van der Waals surface area contributed by atoms with Crippen molar-refractivity contribution in [3.05, 3.63) is 34.4 Å². The molecule has 0 bridgehead atoms. The zero-order chi connectivity index (χ0) is 15.4. The van der Waals surface area contributed by atoms with Crippen LogP contribution in [0, 0.1) is 10.1 Å². The van der Waals surface area contributed by atoms with Crippen molar-refractivity contribution in [3.8, 4) is 11.5 Å². The first kappa shape index (κ1) is 15.0. The number of hydrogen-bond acceptors (Lipinski definition) is 7. The van der Waals surface area contributed by atoms with E-state index in [0.29, 0.717) is 5.56 Å². The van der Waals surface area contributed by atoms with Crippen molar-refractivity contribution >= 4 is 23.4 Å². The van der Waals surface area contributed by atoms with Crippen molar-refractivity contribution in [1.29, 1.82) is 0 Å². The molecule has 1 amide bonds. The first-order valence-corrected chi connectivity index (χ1v) is 6.87. The number of rotatable bonds is 5. The lowest BCUT2D eigenvalue weighted by molar-refractivity contribution is -0.384. The summed E-state index contributed by atoms with van der Waals surface area (Å²) in [6.07, 6.45) is 0. The molecule has 0 saturated carbocycles. The molecule has 0 aliphatic rings. The van der Waals surface area contributed by atoms with E-state index >= 15 is 0 Å². The van der Waals surface area contributed by atoms with Crippen LogP contribution in [0.4, 0.5) is 5.69 Å². The Balaban J connectivity index is 2.11. The lowest BCUT2D eigenvalue weighted by Gasteiger charge is -2.07. The van der Waals surface area contributed by atoms with Crippen LogP contribution in [0.5, 0.6) is 0 Å². The highest BCUT2D eigenvalue weighted by Gasteiger charge is 2.14. The van der Waals surface area contributed by atoms with Crippen molar-refractivity contribution in [2.24, 2.45) is 0 Å². The number of benzene rings is 1. The molecule has 0 fully saturated rings. The van der Waals surface area contributed by atoms with Gasteiger partial charge in [-0.3, -0.25) is 14.9 Å². The van der Waals surface area contributed by atoms with Gasteiger partial charge in [-0.05, 0) is 6.07 Å². The van der Waals surface area contributed by atoms with Gasteiger partial charge in [-0.2, -0.15) is 0 Å². The van der Waals surface area contributed by atoms with Gasteiger partial charge in [-0.25, -0.2) is 0 Å². The Kier molecular flexibility index (Phi) is 4.53. The lowest BCUT2D eigenvalue weighted by Crippen LogP contribution is -2.23. The van der Waals surface area contributed by atoms with Crippen molar-refractivity contribution in [2.45, 2.75) is 5.22 Å². The minimum Gasteiger partial charge on any atom is -0.411 e. The smallest absolute Gasteiger partial charge is 0.277 e. The van der Waals surface area contributed by atoms with Gasteiger partial charge in [0.05, 0.1) is 10.7 Å². The minimum absolute atomic E-state index is 0.0531. The van der Waals surface area contributed by atoms with Crippen molar-refractivity contribution < 1.29 is 14.1 Å². The molecule has 1 heterocycles. The van der Waals surface area contributed by atoms with E-state index in [9.17, 15) is 14.9 Å². The minimum atomic E-state index is -0.495. The van der Waals surface area contributed by atoms with E-state index in [1.807, 2.05) is 0 Å².